The van der Waals surface area contributed by atoms with Crippen LogP contribution in [0, 0.1) is 0 Å². The van der Waals surface area contributed by atoms with Gasteiger partial charge in [0, 0.05) is 31.6 Å². The van der Waals surface area contributed by atoms with Gasteiger partial charge in [-0.2, -0.15) is 0 Å². The average molecular weight is 203 g/mol. The third kappa shape index (κ3) is 1.57. The van der Waals surface area contributed by atoms with Crippen molar-refractivity contribution in [3.8, 4) is 0 Å². The largest absolute Gasteiger partial charge is 0.463 e. The van der Waals surface area contributed by atoms with Crippen LogP contribution >= 0.6 is 0 Å². The number of hydrogen-bond donors (Lipinski definition) is 1. The highest BCUT2D eigenvalue weighted by Crippen LogP contribution is 2.20. The fourth-order valence-corrected chi connectivity index (χ4v) is 1.92. The highest BCUT2D eigenvalue weighted by atomic mass is 16.3. The van der Waals surface area contributed by atoms with Crippen LogP contribution in [-0.2, 0) is 0 Å². The van der Waals surface area contributed by atoms with Gasteiger partial charge in [-0.3, -0.25) is 0 Å². The number of anilines is 1. The van der Waals surface area contributed by atoms with Crippen LogP contribution in [0.1, 0.15) is 0 Å². The van der Waals surface area contributed by atoms with Crippen molar-refractivity contribution in [1.82, 2.24) is 10.3 Å². The molecule has 4 heteroatoms. The summed E-state index contributed by atoms with van der Waals surface area (Å²) in [4.78, 5) is 6.70. The molecule has 0 aliphatic carbocycles. The number of nitrogens with zero attached hydrogens (tertiary/aromatic N) is 2. The van der Waals surface area contributed by atoms with Crippen LogP contribution in [0.3, 0.4) is 0 Å². The number of aromatic nitrogens is 1. The van der Waals surface area contributed by atoms with Gasteiger partial charge in [0.2, 0.25) is 0 Å². The molecular weight excluding hydrogens is 190 g/mol. The maximum absolute atomic E-state index is 5.27. The standard InChI is InChI=1S/C11H13N3O/c1-6-15-10-8-13-11(7-9(1)10)14-4-2-12-3-5-14/h1,6-8,12H,2-5H2. The van der Waals surface area contributed by atoms with Crippen LogP contribution in [0.25, 0.3) is 11.0 Å². The number of pyridine rings is 1. The van der Waals surface area contributed by atoms with Crippen LogP contribution in [0.4, 0.5) is 5.82 Å². The Morgan fingerprint density at radius 1 is 1.33 bits per heavy atom. The van der Waals surface area contributed by atoms with Crippen LogP contribution in [-0.4, -0.2) is 31.2 Å². The molecule has 78 valence electrons. The molecule has 2 aromatic rings. The van der Waals surface area contributed by atoms with Gasteiger partial charge in [0.1, 0.15) is 5.82 Å². The monoisotopic (exact) mass is 203 g/mol. The molecule has 0 radical (unpaired) electrons. The third-order valence-corrected chi connectivity index (χ3v) is 2.77. The van der Waals surface area contributed by atoms with Crippen molar-refractivity contribution in [2.24, 2.45) is 0 Å². The van der Waals surface area contributed by atoms with Gasteiger partial charge >= 0.3 is 0 Å². The minimum atomic E-state index is 0.855. The first kappa shape index (κ1) is 8.73. The zero-order chi connectivity index (χ0) is 10.1. The number of nitrogens with one attached hydrogen (secondary N) is 1. The molecular formula is C11H13N3O. The van der Waals surface area contributed by atoms with Gasteiger partial charge in [0.25, 0.3) is 0 Å². The van der Waals surface area contributed by atoms with E-state index >= 15 is 0 Å². The maximum atomic E-state index is 5.27. The van der Waals surface area contributed by atoms with E-state index in [1.165, 1.54) is 0 Å². The van der Waals surface area contributed by atoms with E-state index in [-0.39, 0.29) is 0 Å². The molecule has 1 fully saturated rings. The Morgan fingerprint density at radius 2 is 2.20 bits per heavy atom. The predicted molar refractivity (Wildman–Crippen MR) is 59.1 cm³/mol. The topological polar surface area (TPSA) is 41.3 Å². The van der Waals surface area contributed by atoms with E-state index < -0.39 is 0 Å². The summed E-state index contributed by atoms with van der Waals surface area (Å²) in [6.45, 7) is 4.11. The first-order chi connectivity index (χ1) is 7.43. The molecule has 0 bridgehead atoms. The molecule has 0 atom stereocenters. The van der Waals surface area contributed by atoms with Gasteiger partial charge in [-0.05, 0) is 12.1 Å². The lowest BCUT2D eigenvalue weighted by Crippen LogP contribution is -2.43. The van der Waals surface area contributed by atoms with Gasteiger partial charge in [-0.25, -0.2) is 4.98 Å². The molecule has 3 heterocycles. The van der Waals surface area contributed by atoms with Crippen molar-refractivity contribution in [2.75, 3.05) is 31.1 Å². The Labute approximate surface area is 87.9 Å². The summed E-state index contributed by atoms with van der Waals surface area (Å²) in [6.07, 6.45) is 3.50. The van der Waals surface area contributed by atoms with Crippen molar-refractivity contribution in [1.29, 1.82) is 0 Å². The Balaban J connectivity index is 1.95. The van der Waals surface area contributed by atoms with Crippen LogP contribution in [0.15, 0.2) is 29.0 Å². The van der Waals surface area contributed by atoms with E-state index in [1.807, 2.05) is 6.07 Å². The van der Waals surface area contributed by atoms with Gasteiger partial charge in [-0.15, -0.1) is 0 Å². The molecule has 15 heavy (non-hydrogen) atoms. The van der Waals surface area contributed by atoms with Crippen molar-refractivity contribution in [3.63, 3.8) is 0 Å². The Morgan fingerprint density at radius 3 is 3.07 bits per heavy atom. The zero-order valence-electron chi connectivity index (χ0n) is 8.44. The maximum Gasteiger partial charge on any atom is 0.152 e. The summed E-state index contributed by atoms with van der Waals surface area (Å²) in [6, 6.07) is 4.06. The highest BCUT2D eigenvalue weighted by molar-refractivity contribution is 5.79. The first-order valence-electron chi connectivity index (χ1n) is 5.22. The Bertz CT molecular complexity index is 460. The molecule has 1 N–H and O–H groups in total. The lowest BCUT2D eigenvalue weighted by Gasteiger charge is -2.28. The summed E-state index contributed by atoms with van der Waals surface area (Å²) in [5.41, 5.74) is 0.855. The lowest BCUT2D eigenvalue weighted by atomic mass is 10.3. The molecule has 1 aliphatic rings. The van der Waals surface area contributed by atoms with Crippen molar-refractivity contribution in [2.45, 2.75) is 0 Å². The Hall–Kier alpha value is -1.55. The molecule has 1 saturated heterocycles. The van der Waals surface area contributed by atoms with E-state index in [9.17, 15) is 0 Å². The quantitative estimate of drug-likeness (QED) is 0.757. The van der Waals surface area contributed by atoms with E-state index in [2.05, 4.69) is 21.3 Å². The van der Waals surface area contributed by atoms with E-state index in [0.717, 1.165) is 43.0 Å². The molecule has 0 unspecified atom stereocenters. The number of furan rings is 1. The van der Waals surface area contributed by atoms with Crippen molar-refractivity contribution < 1.29 is 4.42 Å². The van der Waals surface area contributed by atoms with E-state index in [0.29, 0.717) is 0 Å². The summed E-state index contributed by atoms with van der Waals surface area (Å²) in [7, 11) is 0. The van der Waals surface area contributed by atoms with Gasteiger partial charge < -0.3 is 14.6 Å². The first-order valence-corrected chi connectivity index (χ1v) is 5.22. The Kier molecular flexibility index (Phi) is 2.07. The molecule has 0 spiro atoms. The number of fused-ring (bicyclic) bond motifs is 1. The van der Waals surface area contributed by atoms with E-state index in [4.69, 9.17) is 4.42 Å². The SMILES string of the molecule is c1cc2cc(N3CCNCC3)ncc2o1. The summed E-state index contributed by atoms with van der Waals surface area (Å²) in [5, 5.41) is 4.45. The van der Waals surface area contributed by atoms with Crippen LogP contribution in [0.2, 0.25) is 0 Å². The molecule has 4 nitrogen and oxygen atoms in total. The summed E-state index contributed by atoms with van der Waals surface area (Å²) in [5.74, 6) is 1.05. The number of piperazine rings is 1. The fraction of sp³-hybridized carbons (Fsp3) is 0.364. The molecule has 0 amide bonds. The number of rotatable bonds is 1. The average Bonchev–Trinajstić information content (AvgIpc) is 2.77. The normalized spacial score (nSPS) is 17.2. The minimum Gasteiger partial charge on any atom is -0.463 e. The lowest BCUT2D eigenvalue weighted by molar-refractivity contribution is 0.584. The zero-order valence-corrected chi connectivity index (χ0v) is 8.44. The second-order valence-corrected chi connectivity index (χ2v) is 3.74. The van der Waals surface area contributed by atoms with Gasteiger partial charge in [0.15, 0.2) is 5.58 Å². The van der Waals surface area contributed by atoms with Crippen molar-refractivity contribution >= 4 is 16.8 Å². The molecule has 2 aromatic heterocycles. The smallest absolute Gasteiger partial charge is 0.152 e. The second kappa shape index (κ2) is 3.55. The molecule has 3 rings (SSSR count). The van der Waals surface area contributed by atoms with E-state index in [1.54, 1.807) is 12.5 Å². The van der Waals surface area contributed by atoms with Gasteiger partial charge in [0.05, 0.1) is 12.5 Å². The summed E-state index contributed by atoms with van der Waals surface area (Å²) < 4.78 is 5.27. The highest BCUT2D eigenvalue weighted by Gasteiger charge is 2.12. The van der Waals surface area contributed by atoms with Gasteiger partial charge in [-0.1, -0.05) is 0 Å². The summed E-state index contributed by atoms with van der Waals surface area (Å²) >= 11 is 0. The van der Waals surface area contributed by atoms with Crippen LogP contribution in [0.5, 0.6) is 0 Å². The molecule has 1 aliphatic heterocycles. The molecule has 0 aromatic carbocycles. The molecule has 0 saturated carbocycles. The van der Waals surface area contributed by atoms with Crippen molar-refractivity contribution in [3.05, 3.63) is 24.6 Å². The second-order valence-electron chi connectivity index (χ2n) is 3.74. The van der Waals surface area contributed by atoms with Crippen LogP contribution < -0.4 is 10.2 Å². The fourth-order valence-electron chi connectivity index (χ4n) is 1.92. The predicted octanol–water partition coefficient (Wildman–Crippen LogP) is 1.24. The third-order valence-electron chi connectivity index (χ3n) is 2.77. The minimum absolute atomic E-state index is 0.855. The number of hydrogen-bond acceptors (Lipinski definition) is 4.